The Hall–Kier alpha value is -3.17. The number of fused-ring (bicyclic) bond motifs is 1. The second-order valence-electron chi connectivity index (χ2n) is 5.17. The molecule has 3 rings (SSSR count). The molecule has 0 fully saturated rings. The van der Waals surface area contributed by atoms with Crippen LogP contribution in [0.4, 0.5) is 19.0 Å². The SMILES string of the molecule is O=C(O)CNc1nc(C(F)(F)F)nc2c1cnn2Cc1ccccc1. The number of carbonyl (C=O) groups is 1. The molecular weight excluding hydrogens is 339 g/mol. The quantitative estimate of drug-likeness (QED) is 0.733. The third-order valence-electron chi connectivity index (χ3n) is 3.33. The monoisotopic (exact) mass is 351 g/mol. The predicted octanol–water partition coefficient (Wildman–Crippen LogP) is 2.39. The van der Waals surface area contributed by atoms with Gasteiger partial charge in [0.15, 0.2) is 5.65 Å². The smallest absolute Gasteiger partial charge is 0.451 e. The largest absolute Gasteiger partial charge is 0.480 e. The van der Waals surface area contributed by atoms with Crippen molar-refractivity contribution in [3.05, 3.63) is 47.9 Å². The minimum absolute atomic E-state index is 0.0286. The van der Waals surface area contributed by atoms with Crippen LogP contribution in [0.5, 0.6) is 0 Å². The van der Waals surface area contributed by atoms with Crippen molar-refractivity contribution in [3.8, 4) is 0 Å². The molecule has 0 atom stereocenters. The van der Waals surface area contributed by atoms with Crippen LogP contribution >= 0.6 is 0 Å². The van der Waals surface area contributed by atoms with E-state index in [2.05, 4.69) is 20.4 Å². The molecular formula is C15H12F3N5O2. The molecule has 0 amide bonds. The summed E-state index contributed by atoms with van der Waals surface area (Å²) in [6.07, 6.45) is -3.46. The number of halogens is 3. The maximum Gasteiger partial charge on any atom is 0.451 e. The highest BCUT2D eigenvalue weighted by Crippen LogP contribution is 2.30. The third kappa shape index (κ3) is 3.67. The summed E-state index contributed by atoms with van der Waals surface area (Å²) in [5, 5.41) is 15.4. The number of nitrogens with one attached hydrogen (secondary N) is 1. The van der Waals surface area contributed by atoms with Gasteiger partial charge in [-0.3, -0.25) is 4.79 Å². The van der Waals surface area contributed by atoms with Crippen LogP contribution in [0.1, 0.15) is 11.4 Å². The van der Waals surface area contributed by atoms with Crippen LogP contribution < -0.4 is 5.32 Å². The highest BCUT2D eigenvalue weighted by atomic mass is 19.4. The Morgan fingerprint density at radius 3 is 2.56 bits per heavy atom. The van der Waals surface area contributed by atoms with Crippen molar-refractivity contribution in [2.45, 2.75) is 12.7 Å². The van der Waals surface area contributed by atoms with E-state index in [-0.39, 0.29) is 23.4 Å². The van der Waals surface area contributed by atoms with Crippen LogP contribution in [0.3, 0.4) is 0 Å². The summed E-state index contributed by atoms with van der Waals surface area (Å²) < 4.78 is 40.5. The average molecular weight is 351 g/mol. The fourth-order valence-electron chi connectivity index (χ4n) is 2.25. The molecule has 0 radical (unpaired) electrons. The number of alkyl halides is 3. The van der Waals surface area contributed by atoms with E-state index in [0.29, 0.717) is 0 Å². The Labute approximate surface area is 139 Å². The minimum atomic E-state index is -4.77. The number of anilines is 1. The molecule has 0 bridgehead atoms. The van der Waals surface area contributed by atoms with Crippen molar-refractivity contribution >= 4 is 22.8 Å². The number of aliphatic carboxylic acids is 1. The van der Waals surface area contributed by atoms with Gasteiger partial charge in [0.05, 0.1) is 18.1 Å². The van der Waals surface area contributed by atoms with Crippen molar-refractivity contribution in [2.75, 3.05) is 11.9 Å². The van der Waals surface area contributed by atoms with Gasteiger partial charge in [-0.2, -0.15) is 18.3 Å². The summed E-state index contributed by atoms with van der Waals surface area (Å²) in [7, 11) is 0. The first-order valence-electron chi connectivity index (χ1n) is 7.15. The van der Waals surface area contributed by atoms with E-state index in [0.717, 1.165) is 5.56 Å². The van der Waals surface area contributed by atoms with E-state index >= 15 is 0 Å². The summed E-state index contributed by atoms with van der Waals surface area (Å²) in [6.45, 7) is -0.357. The maximum atomic E-state index is 13.1. The first-order valence-corrected chi connectivity index (χ1v) is 7.15. The standard InChI is InChI=1S/C15H12F3N5O2/c16-15(17,18)14-21-12(19-7-11(24)25)10-6-20-23(13(10)22-14)8-9-4-2-1-3-5-9/h1-6H,7-8H2,(H,24,25)(H,19,21,22). The Balaban J connectivity index is 2.08. The molecule has 0 unspecified atom stereocenters. The molecule has 0 saturated heterocycles. The molecule has 0 spiro atoms. The first kappa shape index (κ1) is 16.7. The van der Waals surface area contributed by atoms with Crippen LogP contribution in [0, 0.1) is 0 Å². The summed E-state index contributed by atoms with van der Waals surface area (Å²) in [6, 6.07) is 9.04. The molecule has 3 aromatic rings. The molecule has 25 heavy (non-hydrogen) atoms. The van der Waals surface area contributed by atoms with E-state index in [4.69, 9.17) is 5.11 Å². The Kier molecular flexibility index (Phi) is 4.26. The van der Waals surface area contributed by atoms with Crippen molar-refractivity contribution in [3.63, 3.8) is 0 Å². The van der Waals surface area contributed by atoms with E-state index in [1.807, 2.05) is 18.2 Å². The molecule has 10 heteroatoms. The Bertz CT molecular complexity index is 909. The van der Waals surface area contributed by atoms with Gasteiger partial charge in [0.2, 0.25) is 5.82 Å². The Morgan fingerprint density at radius 2 is 1.92 bits per heavy atom. The normalized spacial score (nSPS) is 11.6. The van der Waals surface area contributed by atoms with Gasteiger partial charge in [0.25, 0.3) is 0 Å². The van der Waals surface area contributed by atoms with E-state index < -0.39 is 24.5 Å². The zero-order valence-electron chi connectivity index (χ0n) is 12.7. The lowest BCUT2D eigenvalue weighted by Crippen LogP contribution is -2.17. The molecule has 2 heterocycles. The number of benzene rings is 1. The lowest BCUT2D eigenvalue weighted by Gasteiger charge is -2.10. The predicted molar refractivity (Wildman–Crippen MR) is 82.0 cm³/mol. The van der Waals surface area contributed by atoms with Crippen LogP contribution in [0.25, 0.3) is 11.0 Å². The van der Waals surface area contributed by atoms with Gasteiger partial charge in [-0.25, -0.2) is 14.6 Å². The maximum absolute atomic E-state index is 13.1. The topological polar surface area (TPSA) is 92.9 Å². The summed E-state index contributed by atoms with van der Waals surface area (Å²) in [4.78, 5) is 17.7. The fourth-order valence-corrected chi connectivity index (χ4v) is 2.25. The van der Waals surface area contributed by atoms with Gasteiger partial charge in [-0.05, 0) is 5.56 Å². The Morgan fingerprint density at radius 1 is 1.20 bits per heavy atom. The van der Waals surface area contributed by atoms with E-state index in [9.17, 15) is 18.0 Å². The number of carboxylic acid groups (broad SMARTS) is 1. The molecule has 0 aliphatic rings. The van der Waals surface area contributed by atoms with Gasteiger partial charge in [-0.15, -0.1) is 0 Å². The zero-order chi connectivity index (χ0) is 18.0. The van der Waals surface area contributed by atoms with Gasteiger partial charge >= 0.3 is 12.1 Å². The molecule has 0 saturated carbocycles. The third-order valence-corrected chi connectivity index (χ3v) is 3.33. The highest BCUT2D eigenvalue weighted by molar-refractivity contribution is 5.88. The van der Waals surface area contributed by atoms with E-state index in [1.54, 1.807) is 12.1 Å². The van der Waals surface area contributed by atoms with Crippen molar-refractivity contribution in [1.29, 1.82) is 0 Å². The average Bonchev–Trinajstić information content (AvgIpc) is 2.96. The zero-order valence-corrected chi connectivity index (χ0v) is 12.7. The van der Waals surface area contributed by atoms with Crippen LogP contribution in [-0.2, 0) is 17.5 Å². The molecule has 0 aliphatic carbocycles. The number of nitrogens with zero attached hydrogens (tertiary/aromatic N) is 4. The second kappa shape index (κ2) is 6.38. The van der Waals surface area contributed by atoms with Gasteiger partial charge in [0, 0.05) is 0 Å². The van der Waals surface area contributed by atoms with Gasteiger partial charge in [-0.1, -0.05) is 30.3 Å². The highest BCUT2D eigenvalue weighted by Gasteiger charge is 2.36. The molecule has 0 aliphatic heterocycles. The van der Waals surface area contributed by atoms with Crippen molar-refractivity contribution in [2.24, 2.45) is 0 Å². The summed E-state index contributed by atoms with van der Waals surface area (Å²) in [5.41, 5.74) is 0.804. The van der Waals surface area contributed by atoms with E-state index in [1.165, 1.54) is 10.9 Å². The first-order chi connectivity index (χ1) is 11.8. The molecule has 1 aromatic carbocycles. The lowest BCUT2D eigenvalue weighted by atomic mass is 10.2. The molecule has 2 aromatic heterocycles. The number of aromatic nitrogens is 4. The van der Waals surface area contributed by atoms with Gasteiger partial charge < -0.3 is 10.4 Å². The second-order valence-corrected chi connectivity index (χ2v) is 5.17. The molecule has 130 valence electrons. The van der Waals surface area contributed by atoms with Crippen molar-refractivity contribution < 1.29 is 23.1 Å². The fraction of sp³-hybridized carbons (Fsp3) is 0.200. The summed E-state index contributed by atoms with van der Waals surface area (Å²) >= 11 is 0. The minimum Gasteiger partial charge on any atom is -0.480 e. The number of hydrogen-bond acceptors (Lipinski definition) is 5. The molecule has 7 nitrogen and oxygen atoms in total. The van der Waals surface area contributed by atoms with Crippen LogP contribution in [0.15, 0.2) is 36.5 Å². The number of carboxylic acids is 1. The van der Waals surface area contributed by atoms with Crippen molar-refractivity contribution in [1.82, 2.24) is 19.7 Å². The lowest BCUT2D eigenvalue weighted by molar-refractivity contribution is -0.144. The van der Waals surface area contributed by atoms with Crippen LogP contribution in [-0.4, -0.2) is 37.4 Å². The van der Waals surface area contributed by atoms with Gasteiger partial charge in [0.1, 0.15) is 12.4 Å². The molecule has 2 N–H and O–H groups in total. The summed E-state index contributed by atoms with van der Waals surface area (Å²) in [5.74, 6) is -2.81. The number of hydrogen-bond donors (Lipinski definition) is 2. The van der Waals surface area contributed by atoms with Crippen LogP contribution in [0.2, 0.25) is 0 Å². The number of rotatable bonds is 5.